The smallest absolute Gasteiger partial charge is 0.408 e. The monoisotopic (exact) mass is 226 g/mol. The molecule has 1 heterocycles. The lowest BCUT2D eigenvalue weighted by Gasteiger charge is -2.19. The molecule has 1 aromatic heterocycles. The summed E-state index contributed by atoms with van der Waals surface area (Å²) in [6.45, 7) is 5.06. The Morgan fingerprint density at radius 2 is 2.19 bits per heavy atom. The van der Waals surface area contributed by atoms with Crippen LogP contribution in [-0.2, 0) is 4.74 Å². The first-order valence-electron chi connectivity index (χ1n) is 4.77. The van der Waals surface area contributed by atoms with Crippen molar-refractivity contribution in [1.29, 1.82) is 0 Å². The zero-order valence-corrected chi connectivity index (χ0v) is 9.44. The molecule has 88 valence electrons. The molecular weight excluding hydrogens is 212 g/mol. The number of oxazole rings is 1. The van der Waals surface area contributed by atoms with Crippen LogP contribution in [-0.4, -0.2) is 29.0 Å². The Morgan fingerprint density at radius 3 is 2.69 bits per heavy atom. The van der Waals surface area contributed by atoms with Gasteiger partial charge in [0.15, 0.2) is 6.39 Å². The molecule has 1 aromatic rings. The molecule has 0 unspecified atom stereocenters. The molecule has 6 nitrogen and oxygen atoms in total. The van der Waals surface area contributed by atoms with Crippen molar-refractivity contribution in [2.45, 2.75) is 26.4 Å². The summed E-state index contributed by atoms with van der Waals surface area (Å²) in [5.74, 6) is -0.334. The van der Waals surface area contributed by atoms with Gasteiger partial charge in [-0.25, -0.2) is 9.78 Å². The van der Waals surface area contributed by atoms with E-state index in [1.807, 2.05) is 0 Å². The number of alkyl carbamates (subject to hydrolysis) is 1. The summed E-state index contributed by atoms with van der Waals surface area (Å²) in [5.41, 5.74) is -0.405. The summed E-state index contributed by atoms with van der Waals surface area (Å²) in [5, 5.41) is 2.33. The molecule has 0 aliphatic rings. The molecule has 0 atom stereocenters. The highest BCUT2D eigenvalue weighted by atomic mass is 16.6. The number of ether oxygens (including phenoxy) is 1. The minimum absolute atomic E-state index is 0.165. The van der Waals surface area contributed by atoms with Gasteiger partial charge in [0.2, 0.25) is 5.78 Å². The third kappa shape index (κ3) is 4.12. The molecule has 0 aliphatic heterocycles. The van der Waals surface area contributed by atoms with Crippen LogP contribution < -0.4 is 5.32 Å². The Kier molecular flexibility index (Phi) is 3.65. The van der Waals surface area contributed by atoms with Gasteiger partial charge in [-0.3, -0.25) is 4.79 Å². The lowest BCUT2D eigenvalue weighted by atomic mass is 10.2. The van der Waals surface area contributed by atoms with Crippen molar-refractivity contribution in [3.05, 3.63) is 18.4 Å². The summed E-state index contributed by atoms with van der Waals surface area (Å²) in [6, 6.07) is 0. The summed E-state index contributed by atoms with van der Waals surface area (Å²) in [4.78, 5) is 26.2. The van der Waals surface area contributed by atoms with E-state index in [-0.39, 0.29) is 18.0 Å². The molecule has 1 rings (SSSR count). The Labute approximate surface area is 93.0 Å². The van der Waals surface area contributed by atoms with Crippen LogP contribution in [0.15, 0.2) is 17.1 Å². The second-order valence-electron chi connectivity index (χ2n) is 4.15. The third-order valence-electron chi connectivity index (χ3n) is 1.51. The van der Waals surface area contributed by atoms with E-state index < -0.39 is 11.7 Å². The second kappa shape index (κ2) is 4.78. The van der Waals surface area contributed by atoms with Gasteiger partial charge < -0.3 is 14.5 Å². The van der Waals surface area contributed by atoms with E-state index in [1.165, 1.54) is 6.26 Å². The molecule has 0 aromatic carbocycles. The number of nitrogens with one attached hydrogen (secondary N) is 1. The van der Waals surface area contributed by atoms with Gasteiger partial charge in [-0.2, -0.15) is 0 Å². The SMILES string of the molecule is CC(C)(C)OC(=O)NCC(=O)c1cocn1. The quantitative estimate of drug-likeness (QED) is 0.787. The van der Waals surface area contributed by atoms with Crippen molar-refractivity contribution in [3.63, 3.8) is 0 Å². The zero-order valence-electron chi connectivity index (χ0n) is 9.44. The van der Waals surface area contributed by atoms with Crippen LogP contribution in [0.3, 0.4) is 0 Å². The molecule has 0 fully saturated rings. The molecule has 0 aliphatic carbocycles. The van der Waals surface area contributed by atoms with Crippen LogP contribution in [0.2, 0.25) is 0 Å². The lowest BCUT2D eigenvalue weighted by molar-refractivity contribution is 0.0520. The van der Waals surface area contributed by atoms with Crippen LogP contribution in [0, 0.1) is 0 Å². The molecule has 0 bridgehead atoms. The van der Waals surface area contributed by atoms with Crippen molar-refractivity contribution in [1.82, 2.24) is 10.3 Å². The molecule has 6 heteroatoms. The largest absolute Gasteiger partial charge is 0.451 e. The minimum atomic E-state index is -0.635. The fourth-order valence-electron chi connectivity index (χ4n) is 0.907. The van der Waals surface area contributed by atoms with E-state index in [4.69, 9.17) is 4.74 Å². The number of hydrogen-bond donors (Lipinski definition) is 1. The van der Waals surface area contributed by atoms with E-state index in [0.29, 0.717) is 0 Å². The topological polar surface area (TPSA) is 81.4 Å². The summed E-state index contributed by atoms with van der Waals surface area (Å²) in [7, 11) is 0. The van der Waals surface area contributed by atoms with Crippen molar-refractivity contribution in [2.75, 3.05) is 6.54 Å². The van der Waals surface area contributed by atoms with Crippen LogP contribution in [0.1, 0.15) is 31.3 Å². The predicted octanol–water partition coefficient (Wildman–Crippen LogP) is 1.38. The first-order chi connectivity index (χ1) is 7.38. The summed E-state index contributed by atoms with van der Waals surface area (Å²) < 4.78 is 9.61. The first kappa shape index (κ1) is 12.2. The van der Waals surface area contributed by atoms with E-state index in [0.717, 1.165) is 6.39 Å². The number of Topliss-reactive ketones (excluding diaryl/α,β-unsaturated/α-hetero) is 1. The average Bonchev–Trinajstić information content (AvgIpc) is 2.64. The fourth-order valence-corrected chi connectivity index (χ4v) is 0.907. The maximum absolute atomic E-state index is 11.4. The Bertz CT molecular complexity index is 365. The van der Waals surface area contributed by atoms with Gasteiger partial charge in [0.1, 0.15) is 17.6 Å². The number of rotatable bonds is 3. The number of aromatic nitrogens is 1. The molecule has 1 N–H and O–H groups in total. The fraction of sp³-hybridized carbons (Fsp3) is 0.500. The van der Waals surface area contributed by atoms with Gasteiger partial charge in [0.05, 0.1) is 6.54 Å². The Balaban J connectivity index is 2.35. The number of nitrogens with zero attached hydrogens (tertiary/aromatic N) is 1. The highest BCUT2D eigenvalue weighted by molar-refractivity contribution is 5.96. The van der Waals surface area contributed by atoms with E-state index in [2.05, 4.69) is 14.7 Å². The van der Waals surface area contributed by atoms with Gasteiger partial charge in [-0.1, -0.05) is 0 Å². The predicted molar refractivity (Wildman–Crippen MR) is 55.1 cm³/mol. The van der Waals surface area contributed by atoms with Crippen LogP contribution in [0.5, 0.6) is 0 Å². The van der Waals surface area contributed by atoms with Gasteiger partial charge in [0, 0.05) is 0 Å². The standard InChI is InChI=1S/C10H14N2O4/c1-10(2,3)16-9(14)11-4-8(13)7-5-15-6-12-7/h5-6H,4H2,1-3H3,(H,11,14). The zero-order chi connectivity index (χ0) is 12.2. The third-order valence-corrected chi connectivity index (χ3v) is 1.51. The van der Waals surface area contributed by atoms with Crippen molar-refractivity contribution < 1.29 is 18.7 Å². The van der Waals surface area contributed by atoms with Gasteiger partial charge in [0.25, 0.3) is 0 Å². The molecule has 1 amide bonds. The lowest BCUT2D eigenvalue weighted by Crippen LogP contribution is -2.35. The number of hydrogen-bond acceptors (Lipinski definition) is 5. The van der Waals surface area contributed by atoms with Crippen molar-refractivity contribution in [2.24, 2.45) is 0 Å². The first-order valence-corrected chi connectivity index (χ1v) is 4.77. The van der Waals surface area contributed by atoms with E-state index in [9.17, 15) is 9.59 Å². The van der Waals surface area contributed by atoms with Gasteiger partial charge in [-0.15, -0.1) is 0 Å². The molecular formula is C10H14N2O4. The maximum Gasteiger partial charge on any atom is 0.408 e. The molecule has 16 heavy (non-hydrogen) atoms. The average molecular weight is 226 g/mol. The van der Waals surface area contributed by atoms with Gasteiger partial charge in [-0.05, 0) is 20.8 Å². The second-order valence-corrected chi connectivity index (χ2v) is 4.15. The number of ketones is 1. The Morgan fingerprint density at radius 1 is 1.50 bits per heavy atom. The van der Waals surface area contributed by atoms with Gasteiger partial charge >= 0.3 is 6.09 Å². The Hall–Kier alpha value is -1.85. The minimum Gasteiger partial charge on any atom is -0.451 e. The molecule has 0 saturated heterocycles. The van der Waals surface area contributed by atoms with Crippen molar-refractivity contribution >= 4 is 11.9 Å². The highest BCUT2D eigenvalue weighted by Gasteiger charge is 2.17. The molecule has 0 radical (unpaired) electrons. The number of amides is 1. The molecule has 0 saturated carbocycles. The van der Waals surface area contributed by atoms with E-state index >= 15 is 0 Å². The van der Waals surface area contributed by atoms with Crippen LogP contribution >= 0.6 is 0 Å². The van der Waals surface area contributed by atoms with Crippen LogP contribution in [0.4, 0.5) is 4.79 Å². The van der Waals surface area contributed by atoms with E-state index in [1.54, 1.807) is 20.8 Å². The van der Waals surface area contributed by atoms with Crippen LogP contribution in [0.25, 0.3) is 0 Å². The summed E-state index contributed by atoms with van der Waals surface area (Å²) >= 11 is 0. The summed E-state index contributed by atoms with van der Waals surface area (Å²) in [6.07, 6.45) is 1.74. The molecule has 0 spiro atoms. The number of carbonyl (C=O) groups is 2. The normalized spacial score (nSPS) is 10.9. The highest BCUT2D eigenvalue weighted by Crippen LogP contribution is 2.06. The number of carbonyl (C=O) groups excluding carboxylic acids is 2. The van der Waals surface area contributed by atoms with Crippen molar-refractivity contribution in [3.8, 4) is 0 Å². The maximum atomic E-state index is 11.4.